The molecule has 1 unspecified atom stereocenters. The fraction of sp³-hybridized carbons (Fsp3) is 0.500. The first-order valence-electron chi connectivity index (χ1n) is 7.06. The van der Waals surface area contributed by atoms with Gasteiger partial charge in [0.15, 0.2) is 6.10 Å². The number of esters is 1. The van der Waals surface area contributed by atoms with Crippen molar-refractivity contribution in [3.05, 3.63) is 29.3 Å². The zero-order valence-electron chi connectivity index (χ0n) is 12.2. The molecule has 1 aliphatic carbocycles. The van der Waals surface area contributed by atoms with E-state index in [0.717, 1.165) is 36.1 Å². The summed E-state index contributed by atoms with van der Waals surface area (Å²) in [6, 6.07) is 5.86. The second kappa shape index (κ2) is 6.07. The Balaban J connectivity index is 1.93. The maximum atomic E-state index is 12.1. The molecule has 0 spiro atoms. The van der Waals surface area contributed by atoms with Crippen LogP contribution < -0.4 is 5.32 Å². The van der Waals surface area contributed by atoms with Crippen LogP contribution in [-0.4, -0.2) is 18.0 Å². The average molecular weight is 275 g/mol. The van der Waals surface area contributed by atoms with Gasteiger partial charge in [0, 0.05) is 5.69 Å². The van der Waals surface area contributed by atoms with Crippen LogP contribution in [0.3, 0.4) is 0 Å². The van der Waals surface area contributed by atoms with Gasteiger partial charge in [-0.15, -0.1) is 0 Å². The number of anilines is 1. The highest BCUT2D eigenvalue weighted by molar-refractivity contribution is 5.95. The van der Waals surface area contributed by atoms with E-state index >= 15 is 0 Å². The average Bonchev–Trinajstić information content (AvgIpc) is 2.31. The minimum Gasteiger partial charge on any atom is -0.452 e. The molecule has 1 aromatic carbocycles. The normalized spacial score (nSPS) is 16.1. The lowest BCUT2D eigenvalue weighted by Gasteiger charge is -2.25. The van der Waals surface area contributed by atoms with Crippen LogP contribution >= 0.6 is 0 Å². The predicted molar refractivity (Wildman–Crippen MR) is 77.4 cm³/mol. The van der Waals surface area contributed by atoms with Crippen LogP contribution in [0.15, 0.2) is 18.2 Å². The largest absolute Gasteiger partial charge is 0.452 e. The van der Waals surface area contributed by atoms with E-state index in [2.05, 4.69) is 5.32 Å². The second-order valence-corrected chi connectivity index (χ2v) is 5.51. The Hall–Kier alpha value is -1.84. The molecule has 0 aromatic heterocycles. The first-order valence-corrected chi connectivity index (χ1v) is 7.06. The summed E-state index contributed by atoms with van der Waals surface area (Å²) < 4.78 is 5.21. The van der Waals surface area contributed by atoms with E-state index in [1.165, 1.54) is 0 Å². The smallest absolute Gasteiger partial charge is 0.309 e. The van der Waals surface area contributed by atoms with Gasteiger partial charge in [-0.2, -0.15) is 0 Å². The Labute approximate surface area is 119 Å². The number of carbonyl (C=O) groups excluding carboxylic acids is 2. The van der Waals surface area contributed by atoms with Gasteiger partial charge < -0.3 is 10.1 Å². The molecule has 20 heavy (non-hydrogen) atoms. The van der Waals surface area contributed by atoms with Crippen molar-refractivity contribution in [2.24, 2.45) is 5.92 Å². The maximum absolute atomic E-state index is 12.1. The molecule has 0 saturated heterocycles. The fourth-order valence-electron chi connectivity index (χ4n) is 2.07. The molecular formula is C16H21NO3. The molecule has 1 fully saturated rings. The van der Waals surface area contributed by atoms with Gasteiger partial charge in [0.2, 0.25) is 0 Å². The van der Waals surface area contributed by atoms with Crippen LogP contribution in [0.5, 0.6) is 0 Å². The number of carbonyl (C=O) groups is 2. The van der Waals surface area contributed by atoms with Gasteiger partial charge in [-0.25, -0.2) is 0 Å². The molecular weight excluding hydrogens is 254 g/mol. The van der Waals surface area contributed by atoms with Crippen LogP contribution in [0.1, 0.15) is 37.3 Å². The number of hydrogen-bond acceptors (Lipinski definition) is 3. The minimum absolute atomic E-state index is 0.00837. The molecule has 0 heterocycles. The highest BCUT2D eigenvalue weighted by Gasteiger charge is 2.29. The molecule has 0 aliphatic heterocycles. The maximum Gasteiger partial charge on any atom is 0.309 e. The number of nitrogens with one attached hydrogen (secondary N) is 1. The molecule has 1 aliphatic rings. The Morgan fingerprint density at radius 3 is 2.60 bits per heavy atom. The van der Waals surface area contributed by atoms with Crippen LogP contribution in [-0.2, 0) is 14.3 Å². The highest BCUT2D eigenvalue weighted by atomic mass is 16.5. The van der Waals surface area contributed by atoms with Crippen molar-refractivity contribution in [2.75, 3.05) is 5.32 Å². The Bertz CT molecular complexity index is 520. The predicted octanol–water partition coefficient (Wildman–Crippen LogP) is 2.97. The zero-order valence-corrected chi connectivity index (χ0v) is 12.2. The zero-order chi connectivity index (χ0) is 14.7. The molecule has 0 radical (unpaired) electrons. The van der Waals surface area contributed by atoms with Gasteiger partial charge in [-0.3, -0.25) is 9.59 Å². The summed E-state index contributed by atoms with van der Waals surface area (Å²) in [5, 5.41) is 2.81. The van der Waals surface area contributed by atoms with E-state index in [0.29, 0.717) is 0 Å². The summed E-state index contributed by atoms with van der Waals surface area (Å²) in [6.45, 7) is 5.51. The third-order valence-corrected chi connectivity index (χ3v) is 3.75. The van der Waals surface area contributed by atoms with E-state index in [9.17, 15) is 9.59 Å². The quantitative estimate of drug-likeness (QED) is 0.859. The van der Waals surface area contributed by atoms with E-state index in [1.54, 1.807) is 6.92 Å². The number of benzene rings is 1. The summed E-state index contributed by atoms with van der Waals surface area (Å²) in [4.78, 5) is 23.8. The standard InChI is InChI=1S/C16H21NO3/c1-10-7-8-11(2)14(9-10)17-15(18)12(3)20-16(19)13-5-4-6-13/h7-9,12-13H,4-6H2,1-3H3,(H,17,18). The molecule has 4 heteroatoms. The van der Waals surface area contributed by atoms with Crippen molar-refractivity contribution in [1.29, 1.82) is 0 Å². The Kier molecular flexibility index (Phi) is 4.42. The third-order valence-electron chi connectivity index (χ3n) is 3.75. The van der Waals surface area contributed by atoms with Gasteiger partial charge in [0.25, 0.3) is 5.91 Å². The van der Waals surface area contributed by atoms with Gasteiger partial charge in [-0.05, 0) is 50.8 Å². The summed E-state index contributed by atoms with van der Waals surface area (Å²) in [6.07, 6.45) is 2.07. The summed E-state index contributed by atoms with van der Waals surface area (Å²) >= 11 is 0. The second-order valence-electron chi connectivity index (χ2n) is 5.51. The monoisotopic (exact) mass is 275 g/mol. The van der Waals surface area contributed by atoms with E-state index in [4.69, 9.17) is 4.74 Å². The Morgan fingerprint density at radius 1 is 1.30 bits per heavy atom. The molecule has 2 rings (SSSR count). The number of hydrogen-bond donors (Lipinski definition) is 1. The topological polar surface area (TPSA) is 55.4 Å². The lowest BCUT2D eigenvalue weighted by Crippen LogP contribution is -2.34. The summed E-state index contributed by atoms with van der Waals surface area (Å²) in [5.41, 5.74) is 2.83. The van der Waals surface area contributed by atoms with Crippen LogP contribution in [0.25, 0.3) is 0 Å². The third kappa shape index (κ3) is 3.38. The van der Waals surface area contributed by atoms with Crippen LogP contribution in [0.2, 0.25) is 0 Å². The lowest BCUT2D eigenvalue weighted by atomic mass is 9.86. The van der Waals surface area contributed by atoms with Gasteiger partial charge in [-0.1, -0.05) is 18.6 Å². The summed E-state index contributed by atoms with van der Waals surface area (Å²) in [5.74, 6) is -0.544. The van der Waals surface area contributed by atoms with Crippen molar-refractivity contribution >= 4 is 17.6 Å². The molecule has 4 nitrogen and oxygen atoms in total. The summed E-state index contributed by atoms with van der Waals surface area (Å²) in [7, 11) is 0. The number of aryl methyl sites for hydroxylation is 2. The van der Waals surface area contributed by atoms with E-state index < -0.39 is 6.10 Å². The van der Waals surface area contributed by atoms with E-state index in [-0.39, 0.29) is 17.8 Å². The Morgan fingerprint density at radius 2 is 2.00 bits per heavy atom. The minimum atomic E-state index is -0.761. The number of amides is 1. The first kappa shape index (κ1) is 14.6. The van der Waals surface area contributed by atoms with Crippen molar-refractivity contribution in [3.63, 3.8) is 0 Å². The van der Waals surface area contributed by atoms with Gasteiger partial charge in [0.1, 0.15) is 0 Å². The van der Waals surface area contributed by atoms with Crippen molar-refractivity contribution in [3.8, 4) is 0 Å². The number of rotatable bonds is 4. The van der Waals surface area contributed by atoms with Gasteiger partial charge in [0.05, 0.1) is 5.92 Å². The van der Waals surface area contributed by atoms with Gasteiger partial charge >= 0.3 is 5.97 Å². The molecule has 1 N–H and O–H groups in total. The SMILES string of the molecule is Cc1ccc(C)c(NC(=O)C(C)OC(=O)C2CCC2)c1. The van der Waals surface area contributed by atoms with E-state index in [1.807, 2.05) is 32.0 Å². The van der Waals surface area contributed by atoms with Crippen molar-refractivity contribution in [2.45, 2.75) is 46.1 Å². The molecule has 0 bridgehead atoms. The van der Waals surface area contributed by atoms with Crippen molar-refractivity contribution in [1.82, 2.24) is 0 Å². The molecule has 1 aromatic rings. The molecule has 1 saturated carbocycles. The lowest BCUT2D eigenvalue weighted by molar-refractivity contribution is -0.159. The highest BCUT2D eigenvalue weighted by Crippen LogP contribution is 2.28. The number of ether oxygens (including phenoxy) is 1. The van der Waals surface area contributed by atoms with Crippen LogP contribution in [0.4, 0.5) is 5.69 Å². The first-order chi connectivity index (χ1) is 9.47. The fourth-order valence-corrected chi connectivity index (χ4v) is 2.07. The molecule has 1 amide bonds. The van der Waals surface area contributed by atoms with Crippen molar-refractivity contribution < 1.29 is 14.3 Å². The molecule has 1 atom stereocenters. The van der Waals surface area contributed by atoms with Crippen LogP contribution in [0, 0.1) is 19.8 Å². The molecule has 108 valence electrons.